The molecule has 0 bridgehead atoms. The molecule has 116 valence electrons. The van der Waals surface area contributed by atoms with E-state index in [1.165, 1.54) is 24.3 Å². The lowest BCUT2D eigenvalue weighted by atomic mass is 10.0. The molecule has 0 aromatic heterocycles. The standard InChI is InChI=1S/C12H15N3O4.C2H6/c1-3-10(12(16)17)11(14-13-2)8-4-6-9(7-5-8)15(18)19;1-2/h4-7,13-14H,3H2,1-2H3,(H,16,17);1-2H3/b11-10+;. The van der Waals surface area contributed by atoms with Crippen molar-refractivity contribution in [1.82, 2.24) is 10.9 Å². The quantitative estimate of drug-likeness (QED) is 0.423. The molecule has 0 spiro atoms. The van der Waals surface area contributed by atoms with Crippen LogP contribution in [0.5, 0.6) is 0 Å². The van der Waals surface area contributed by atoms with Crippen molar-refractivity contribution in [2.24, 2.45) is 0 Å². The number of hydrogen-bond donors (Lipinski definition) is 3. The maximum atomic E-state index is 11.2. The molecule has 0 fully saturated rings. The van der Waals surface area contributed by atoms with Gasteiger partial charge in [-0.15, -0.1) is 0 Å². The van der Waals surface area contributed by atoms with Gasteiger partial charge in [0.25, 0.3) is 5.69 Å². The van der Waals surface area contributed by atoms with Crippen LogP contribution in [0.25, 0.3) is 5.70 Å². The van der Waals surface area contributed by atoms with E-state index < -0.39 is 10.9 Å². The van der Waals surface area contributed by atoms with Crippen molar-refractivity contribution in [2.45, 2.75) is 27.2 Å². The Hall–Kier alpha value is -2.41. The van der Waals surface area contributed by atoms with Gasteiger partial charge in [0.05, 0.1) is 16.2 Å². The third-order valence-corrected chi connectivity index (χ3v) is 2.53. The van der Waals surface area contributed by atoms with Gasteiger partial charge in [-0.3, -0.25) is 10.1 Å². The van der Waals surface area contributed by atoms with Crippen molar-refractivity contribution < 1.29 is 14.8 Å². The minimum atomic E-state index is -1.03. The largest absolute Gasteiger partial charge is 0.478 e. The molecule has 0 aliphatic heterocycles. The number of nitrogens with zero attached hydrogens (tertiary/aromatic N) is 1. The summed E-state index contributed by atoms with van der Waals surface area (Å²) < 4.78 is 0. The lowest BCUT2D eigenvalue weighted by Gasteiger charge is -2.13. The van der Waals surface area contributed by atoms with Gasteiger partial charge in [-0.1, -0.05) is 20.8 Å². The van der Waals surface area contributed by atoms with Crippen LogP contribution in [-0.4, -0.2) is 23.0 Å². The first-order valence-corrected chi connectivity index (χ1v) is 6.65. The zero-order valence-electron chi connectivity index (χ0n) is 12.6. The Morgan fingerprint density at radius 2 is 1.81 bits per heavy atom. The third-order valence-electron chi connectivity index (χ3n) is 2.53. The Balaban J connectivity index is 0.00000191. The Kier molecular flexibility index (Phi) is 8.40. The van der Waals surface area contributed by atoms with Gasteiger partial charge in [-0.25, -0.2) is 10.2 Å². The second-order valence-electron chi connectivity index (χ2n) is 3.69. The molecule has 0 amide bonds. The summed E-state index contributed by atoms with van der Waals surface area (Å²) in [6.07, 6.45) is 0.330. The van der Waals surface area contributed by atoms with E-state index in [4.69, 9.17) is 5.11 Å². The van der Waals surface area contributed by atoms with Crippen molar-refractivity contribution in [3.63, 3.8) is 0 Å². The highest BCUT2D eigenvalue weighted by Gasteiger charge is 2.15. The van der Waals surface area contributed by atoms with Crippen molar-refractivity contribution in [3.05, 3.63) is 45.5 Å². The fourth-order valence-electron chi connectivity index (χ4n) is 1.63. The first-order chi connectivity index (χ1) is 10.0. The molecule has 1 aromatic rings. The van der Waals surface area contributed by atoms with Gasteiger partial charge in [0.2, 0.25) is 0 Å². The molecule has 21 heavy (non-hydrogen) atoms. The predicted molar refractivity (Wildman–Crippen MR) is 81.5 cm³/mol. The molecule has 0 aliphatic carbocycles. The van der Waals surface area contributed by atoms with Gasteiger partial charge in [0.1, 0.15) is 0 Å². The maximum Gasteiger partial charge on any atom is 0.333 e. The molecule has 0 saturated heterocycles. The van der Waals surface area contributed by atoms with Gasteiger partial charge in [-0.05, 0) is 24.1 Å². The van der Waals surface area contributed by atoms with Crippen LogP contribution >= 0.6 is 0 Å². The van der Waals surface area contributed by atoms with Gasteiger partial charge in [0, 0.05) is 19.2 Å². The molecule has 0 heterocycles. The molecule has 0 aliphatic rings. The van der Waals surface area contributed by atoms with Crippen LogP contribution in [0.15, 0.2) is 29.8 Å². The van der Waals surface area contributed by atoms with Crippen molar-refractivity contribution in [3.8, 4) is 0 Å². The summed E-state index contributed by atoms with van der Waals surface area (Å²) in [7, 11) is 1.61. The molecule has 7 heteroatoms. The number of hydrogen-bond acceptors (Lipinski definition) is 5. The van der Waals surface area contributed by atoms with Crippen LogP contribution in [0.4, 0.5) is 5.69 Å². The molecule has 1 aromatic carbocycles. The third kappa shape index (κ3) is 5.23. The average molecular weight is 295 g/mol. The summed E-state index contributed by atoms with van der Waals surface area (Å²) >= 11 is 0. The first kappa shape index (κ1) is 18.6. The van der Waals surface area contributed by atoms with E-state index in [0.29, 0.717) is 17.7 Å². The van der Waals surface area contributed by atoms with Crippen molar-refractivity contribution >= 4 is 17.4 Å². The van der Waals surface area contributed by atoms with E-state index >= 15 is 0 Å². The molecule has 0 radical (unpaired) electrons. The Labute approximate surface area is 123 Å². The SMILES string of the molecule is CC.CC/C(C(=O)O)=C(\NNC)c1ccc([N+](=O)[O-])cc1. The second-order valence-corrected chi connectivity index (χ2v) is 3.69. The molecule has 0 atom stereocenters. The molecule has 1 rings (SSSR count). The number of aliphatic carboxylic acids is 1. The van der Waals surface area contributed by atoms with E-state index in [9.17, 15) is 14.9 Å². The van der Waals surface area contributed by atoms with Gasteiger partial charge < -0.3 is 10.5 Å². The van der Waals surface area contributed by atoms with Crippen LogP contribution < -0.4 is 10.9 Å². The fraction of sp³-hybridized carbons (Fsp3) is 0.357. The van der Waals surface area contributed by atoms with E-state index in [0.717, 1.165) is 0 Å². The first-order valence-electron chi connectivity index (χ1n) is 6.65. The Morgan fingerprint density at radius 1 is 1.29 bits per heavy atom. The topological polar surface area (TPSA) is 104 Å². The minimum absolute atomic E-state index is 0.0408. The average Bonchev–Trinajstić information content (AvgIpc) is 2.49. The number of nitro benzene ring substituents is 1. The number of hydrazine groups is 1. The van der Waals surface area contributed by atoms with E-state index in [1.807, 2.05) is 13.8 Å². The molecular weight excluding hydrogens is 274 g/mol. The molecule has 7 nitrogen and oxygen atoms in total. The number of rotatable bonds is 6. The summed E-state index contributed by atoms with van der Waals surface area (Å²) in [5.74, 6) is -1.03. The summed E-state index contributed by atoms with van der Waals surface area (Å²) in [4.78, 5) is 21.2. The Morgan fingerprint density at radius 3 is 2.14 bits per heavy atom. The number of carboxylic acids is 1. The smallest absolute Gasteiger partial charge is 0.333 e. The number of nitro groups is 1. The Bertz CT molecular complexity index is 509. The maximum absolute atomic E-state index is 11.2. The summed E-state index contributed by atoms with van der Waals surface area (Å²) in [6, 6.07) is 5.69. The normalized spacial score (nSPS) is 10.9. The number of nitrogens with one attached hydrogen (secondary N) is 2. The van der Waals surface area contributed by atoms with Gasteiger partial charge in [0.15, 0.2) is 0 Å². The molecular formula is C14H21N3O4. The van der Waals surface area contributed by atoms with Gasteiger partial charge in [-0.2, -0.15) is 0 Å². The second kappa shape index (κ2) is 9.49. The highest BCUT2D eigenvalue weighted by Crippen LogP contribution is 2.21. The zero-order chi connectivity index (χ0) is 16.4. The predicted octanol–water partition coefficient (Wildman–Crippen LogP) is 2.55. The van der Waals surface area contributed by atoms with Crippen LogP contribution in [0.3, 0.4) is 0 Å². The monoisotopic (exact) mass is 295 g/mol. The highest BCUT2D eigenvalue weighted by molar-refractivity contribution is 5.95. The summed E-state index contributed by atoms with van der Waals surface area (Å²) in [5.41, 5.74) is 6.55. The van der Waals surface area contributed by atoms with Crippen molar-refractivity contribution in [1.29, 1.82) is 0 Å². The zero-order valence-corrected chi connectivity index (χ0v) is 12.6. The van der Waals surface area contributed by atoms with Crippen LogP contribution in [0.2, 0.25) is 0 Å². The van der Waals surface area contributed by atoms with Gasteiger partial charge >= 0.3 is 5.97 Å². The summed E-state index contributed by atoms with van der Waals surface area (Å²) in [5, 5.41) is 19.7. The molecule has 0 saturated carbocycles. The van der Waals surface area contributed by atoms with Crippen LogP contribution in [0, 0.1) is 10.1 Å². The van der Waals surface area contributed by atoms with E-state index in [1.54, 1.807) is 14.0 Å². The number of non-ortho nitro benzene ring substituents is 1. The number of carboxylic acid groups (broad SMARTS) is 1. The molecule has 3 N–H and O–H groups in total. The van der Waals surface area contributed by atoms with Crippen LogP contribution in [-0.2, 0) is 4.79 Å². The summed E-state index contributed by atoms with van der Waals surface area (Å²) in [6.45, 7) is 5.73. The number of benzene rings is 1. The van der Waals surface area contributed by atoms with E-state index in [-0.39, 0.29) is 11.3 Å². The fourth-order valence-corrected chi connectivity index (χ4v) is 1.63. The minimum Gasteiger partial charge on any atom is -0.478 e. The lowest BCUT2D eigenvalue weighted by Crippen LogP contribution is -2.28. The highest BCUT2D eigenvalue weighted by atomic mass is 16.6. The number of carbonyl (C=O) groups is 1. The van der Waals surface area contributed by atoms with E-state index in [2.05, 4.69) is 10.9 Å². The molecule has 0 unspecified atom stereocenters. The lowest BCUT2D eigenvalue weighted by molar-refractivity contribution is -0.384. The van der Waals surface area contributed by atoms with Crippen LogP contribution in [0.1, 0.15) is 32.8 Å². The van der Waals surface area contributed by atoms with Crippen molar-refractivity contribution in [2.75, 3.05) is 7.05 Å².